The summed E-state index contributed by atoms with van der Waals surface area (Å²) in [7, 11) is 0. The number of carbonyl (C=O) groups is 2. The first-order chi connectivity index (χ1) is 21.1. The van der Waals surface area contributed by atoms with E-state index in [0.717, 1.165) is 43.0 Å². The van der Waals surface area contributed by atoms with E-state index in [1.54, 1.807) is 27.7 Å². The summed E-state index contributed by atoms with van der Waals surface area (Å²) in [6.45, 7) is 6.70. The molecule has 2 saturated carbocycles. The molecule has 2 aromatic rings. The van der Waals surface area contributed by atoms with Crippen molar-refractivity contribution in [3.63, 3.8) is 0 Å². The molecule has 44 heavy (non-hydrogen) atoms. The Bertz CT molecular complexity index is 1450. The molecule has 0 radical (unpaired) electrons. The number of esters is 2. The normalized spacial score (nSPS) is 29.3. The Morgan fingerprint density at radius 2 is 1.57 bits per heavy atom. The van der Waals surface area contributed by atoms with Gasteiger partial charge in [0.25, 0.3) is 5.56 Å². The molecule has 0 N–H and O–H groups in total. The van der Waals surface area contributed by atoms with E-state index >= 15 is 0 Å². The van der Waals surface area contributed by atoms with Gasteiger partial charge in [-0.3, -0.25) is 19.5 Å². The van der Waals surface area contributed by atoms with Crippen molar-refractivity contribution >= 4 is 28.7 Å². The second-order valence-electron chi connectivity index (χ2n) is 14.4. The molecule has 2 saturated heterocycles. The molecule has 5 atom stereocenters. The van der Waals surface area contributed by atoms with Crippen LogP contribution in [0.5, 0.6) is 0 Å². The summed E-state index contributed by atoms with van der Waals surface area (Å²) in [5.74, 6) is 0.396. The van der Waals surface area contributed by atoms with Gasteiger partial charge in [-0.1, -0.05) is 37.8 Å². The summed E-state index contributed by atoms with van der Waals surface area (Å²) < 4.78 is 12.6. The van der Waals surface area contributed by atoms with Crippen LogP contribution >= 0.6 is 0 Å². The Labute approximate surface area is 260 Å². The van der Waals surface area contributed by atoms with E-state index in [4.69, 9.17) is 9.47 Å². The Balaban J connectivity index is 1.35. The van der Waals surface area contributed by atoms with Gasteiger partial charge in [0.05, 0.1) is 17.6 Å². The van der Waals surface area contributed by atoms with Crippen molar-refractivity contribution in [3.05, 3.63) is 40.3 Å². The number of hydrogen-bond donors (Lipinski definition) is 0. The zero-order valence-electron chi connectivity index (χ0n) is 26.8. The van der Waals surface area contributed by atoms with Crippen LogP contribution in [0.25, 0.3) is 11.0 Å². The zero-order valence-corrected chi connectivity index (χ0v) is 26.8. The topological polar surface area (TPSA) is 103 Å². The van der Waals surface area contributed by atoms with Gasteiger partial charge in [0.2, 0.25) is 0 Å². The fourth-order valence-corrected chi connectivity index (χ4v) is 8.76. The second-order valence-corrected chi connectivity index (χ2v) is 14.4. The van der Waals surface area contributed by atoms with Crippen molar-refractivity contribution < 1.29 is 19.1 Å². The van der Waals surface area contributed by atoms with Gasteiger partial charge in [0, 0.05) is 24.2 Å². The monoisotopic (exact) mass is 604 g/mol. The molecule has 238 valence electrons. The highest BCUT2D eigenvalue weighted by molar-refractivity contribution is 6.42. The van der Waals surface area contributed by atoms with Crippen LogP contribution in [0, 0.1) is 11.8 Å². The standard InChI is InChI=1S/C35H48N4O5/c1-5-43-34(42)32(36-21-30(40)44-35(2,3)4)31-33(41)39(29-15-7-6-14-28(29)37-31)27-19-24-12-9-13-25(20-27)38(24)26-17-22-10-8-11-23(16-22)18-26/h6-7,14-15,22-27H,5,8-13,16-21H2,1-4H3/b36-32-/t22?,23?,24-,25?,26?,27?/m1/s1. The third-order valence-electron chi connectivity index (χ3n) is 10.2. The lowest BCUT2D eigenvalue weighted by Crippen LogP contribution is -2.58. The maximum absolute atomic E-state index is 14.4. The number of aliphatic imine (C=N–C) groups is 1. The van der Waals surface area contributed by atoms with E-state index in [1.165, 1.54) is 44.9 Å². The van der Waals surface area contributed by atoms with Crippen LogP contribution in [-0.4, -0.2) is 69.0 Å². The Morgan fingerprint density at radius 1 is 0.909 bits per heavy atom. The van der Waals surface area contributed by atoms with Gasteiger partial charge in [-0.25, -0.2) is 9.78 Å². The first-order valence-corrected chi connectivity index (χ1v) is 16.8. The van der Waals surface area contributed by atoms with Crippen LogP contribution in [0.1, 0.15) is 110 Å². The van der Waals surface area contributed by atoms with Crippen molar-refractivity contribution in [2.45, 2.75) is 128 Å². The van der Waals surface area contributed by atoms with E-state index in [0.29, 0.717) is 23.6 Å². The van der Waals surface area contributed by atoms with Crippen LogP contribution in [0.3, 0.4) is 0 Å². The number of aromatic nitrogens is 2. The highest BCUT2D eigenvalue weighted by atomic mass is 16.6. The smallest absolute Gasteiger partial charge is 0.358 e. The van der Waals surface area contributed by atoms with Gasteiger partial charge in [-0.15, -0.1) is 0 Å². The molecule has 0 amide bonds. The summed E-state index contributed by atoms with van der Waals surface area (Å²) in [4.78, 5) is 52.0. The molecule has 9 heteroatoms. The SMILES string of the molecule is CCOC(=O)/C(=N\CC(=O)OC(C)(C)C)c1nc2ccccc2n(C2CC3CCC[C@H](C2)N3C2CC3CCCC(C3)C2)c1=O. The second kappa shape index (κ2) is 12.7. The van der Waals surface area contributed by atoms with Gasteiger partial charge in [0.1, 0.15) is 12.1 Å². The number of benzene rings is 1. The van der Waals surface area contributed by atoms with Gasteiger partial charge in [0.15, 0.2) is 11.4 Å². The van der Waals surface area contributed by atoms with Crippen molar-refractivity contribution in [1.29, 1.82) is 0 Å². The Kier molecular flexibility index (Phi) is 8.95. The number of piperidine rings is 2. The van der Waals surface area contributed by atoms with Gasteiger partial charge >= 0.3 is 11.9 Å². The first kappa shape index (κ1) is 30.9. The van der Waals surface area contributed by atoms with Crippen molar-refractivity contribution in [2.75, 3.05) is 13.2 Å². The quantitative estimate of drug-likeness (QED) is 0.299. The molecule has 4 unspecified atom stereocenters. The lowest BCUT2D eigenvalue weighted by molar-refractivity contribution is -0.152. The first-order valence-electron chi connectivity index (χ1n) is 16.8. The number of fused-ring (bicyclic) bond motifs is 5. The minimum Gasteiger partial charge on any atom is -0.461 e. The number of ether oxygens (including phenoxy) is 2. The van der Waals surface area contributed by atoms with Crippen LogP contribution in [0.4, 0.5) is 0 Å². The molecule has 9 nitrogen and oxygen atoms in total. The number of hydrogen-bond acceptors (Lipinski definition) is 8. The van der Waals surface area contributed by atoms with E-state index < -0.39 is 24.1 Å². The highest BCUT2D eigenvalue weighted by Gasteiger charge is 2.45. The van der Waals surface area contributed by atoms with Crippen LogP contribution in [-0.2, 0) is 19.1 Å². The van der Waals surface area contributed by atoms with Crippen LogP contribution < -0.4 is 5.56 Å². The maximum Gasteiger partial charge on any atom is 0.358 e. The number of nitrogens with zero attached hydrogens (tertiary/aromatic N) is 4. The lowest BCUT2D eigenvalue weighted by Gasteiger charge is -2.55. The molecule has 1 aromatic carbocycles. The maximum atomic E-state index is 14.4. The summed E-state index contributed by atoms with van der Waals surface area (Å²) in [6, 6.07) is 9.16. The van der Waals surface area contributed by atoms with Crippen molar-refractivity contribution in [1.82, 2.24) is 14.5 Å². The molecular formula is C35H48N4O5. The van der Waals surface area contributed by atoms with E-state index in [-0.39, 0.29) is 29.6 Å². The average Bonchev–Trinajstić information content (AvgIpc) is 2.96. The minimum absolute atomic E-state index is 0.0157. The molecule has 4 bridgehead atoms. The average molecular weight is 605 g/mol. The summed E-state index contributed by atoms with van der Waals surface area (Å²) in [6.07, 6.45) is 13.6. The number of rotatable bonds is 7. The van der Waals surface area contributed by atoms with Crippen LogP contribution in [0.2, 0.25) is 0 Å². The Hall–Kier alpha value is -3.07. The van der Waals surface area contributed by atoms with Crippen LogP contribution in [0.15, 0.2) is 34.1 Å². The molecule has 1 aromatic heterocycles. The fraction of sp³-hybridized carbons (Fsp3) is 0.686. The molecule has 3 heterocycles. The van der Waals surface area contributed by atoms with Crippen molar-refractivity contribution in [2.24, 2.45) is 16.8 Å². The van der Waals surface area contributed by atoms with E-state index in [2.05, 4.69) is 14.9 Å². The van der Waals surface area contributed by atoms with E-state index in [1.807, 2.05) is 28.8 Å². The zero-order chi connectivity index (χ0) is 31.0. The van der Waals surface area contributed by atoms with Gasteiger partial charge in [-0.2, -0.15) is 0 Å². The third kappa shape index (κ3) is 6.49. The number of para-hydroxylation sites is 2. The Morgan fingerprint density at radius 3 is 2.23 bits per heavy atom. The summed E-state index contributed by atoms with van der Waals surface area (Å²) in [5.41, 5.74) is 0.0216. The molecular weight excluding hydrogens is 556 g/mol. The predicted molar refractivity (Wildman–Crippen MR) is 170 cm³/mol. The largest absolute Gasteiger partial charge is 0.461 e. The lowest BCUT2D eigenvalue weighted by atomic mass is 9.68. The van der Waals surface area contributed by atoms with E-state index in [9.17, 15) is 14.4 Å². The van der Waals surface area contributed by atoms with Gasteiger partial charge < -0.3 is 14.0 Å². The molecule has 2 aliphatic carbocycles. The summed E-state index contributed by atoms with van der Waals surface area (Å²) >= 11 is 0. The molecule has 2 aliphatic heterocycles. The predicted octanol–water partition coefficient (Wildman–Crippen LogP) is 5.62. The molecule has 4 fully saturated rings. The fourth-order valence-electron chi connectivity index (χ4n) is 8.76. The third-order valence-corrected chi connectivity index (χ3v) is 10.2. The summed E-state index contributed by atoms with van der Waals surface area (Å²) in [5, 5.41) is 0. The molecule has 6 rings (SSSR count). The highest BCUT2D eigenvalue weighted by Crippen LogP contribution is 2.47. The molecule has 4 aliphatic rings. The molecule has 0 spiro atoms. The minimum atomic E-state index is -0.767. The number of carbonyl (C=O) groups excluding carboxylic acids is 2. The van der Waals surface area contributed by atoms with Gasteiger partial charge in [-0.05, 0) is 96.6 Å². The van der Waals surface area contributed by atoms with Crippen molar-refractivity contribution in [3.8, 4) is 0 Å².